The van der Waals surface area contributed by atoms with E-state index in [4.69, 9.17) is 0 Å². The lowest BCUT2D eigenvalue weighted by Gasteiger charge is -2.34. The summed E-state index contributed by atoms with van der Waals surface area (Å²) in [6, 6.07) is 46.5. The van der Waals surface area contributed by atoms with Gasteiger partial charge in [0.05, 0.1) is 11.4 Å². The van der Waals surface area contributed by atoms with Crippen molar-refractivity contribution in [3.05, 3.63) is 175 Å². The third-order valence-corrected chi connectivity index (χ3v) is 9.24. The van der Waals surface area contributed by atoms with E-state index in [1.807, 2.05) is 12.2 Å². The predicted molar refractivity (Wildman–Crippen MR) is 215 cm³/mol. The van der Waals surface area contributed by atoms with Crippen molar-refractivity contribution in [1.29, 1.82) is 0 Å². The van der Waals surface area contributed by atoms with Crippen molar-refractivity contribution in [3.63, 3.8) is 0 Å². The molecule has 0 heterocycles. The van der Waals surface area contributed by atoms with Crippen LogP contribution in [0.15, 0.2) is 164 Å². The lowest BCUT2D eigenvalue weighted by molar-refractivity contribution is 0.590. The molecule has 6 aromatic rings. The summed E-state index contributed by atoms with van der Waals surface area (Å²) in [6.45, 7) is 19.9. The van der Waals surface area contributed by atoms with E-state index in [-0.39, 0.29) is 10.8 Å². The molecule has 49 heavy (non-hydrogen) atoms. The fraction of sp³-hybridized carbons (Fsp3) is 0.191. The normalized spacial score (nSPS) is 12.5. The molecule has 6 rings (SSSR count). The highest BCUT2D eigenvalue weighted by Crippen LogP contribution is 2.51. The van der Waals surface area contributed by atoms with Gasteiger partial charge in [0.2, 0.25) is 0 Å². The number of hydrogen-bond acceptors (Lipinski definition) is 2. The number of allylic oxidation sites excluding steroid dienone is 4. The zero-order valence-electron chi connectivity index (χ0n) is 30.0. The van der Waals surface area contributed by atoms with E-state index >= 15 is 0 Å². The molecule has 0 aliphatic rings. The van der Waals surface area contributed by atoms with Crippen LogP contribution in [0.1, 0.15) is 59.6 Å². The van der Waals surface area contributed by atoms with Crippen LogP contribution in [0.3, 0.4) is 0 Å². The first-order chi connectivity index (χ1) is 23.5. The summed E-state index contributed by atoms with van der Waals surface area (Å²) >= 11 is 0. The minimum atomic E-state index is -0.0427. The molecule has 0 saturated heterocycles. The maximum absolute atomic E-state index is 3.99. The third-order valence-electron chi connectivity index (χ3n) is 9.24. The van der Waals surface area contributed by atoms with Gasteiger partial charge in [-0.1, -0.05) is 145 Å². The zero-order chi connectivity index (χ0) is 34.8. The van der Waals surface area contributed by atoms with Gasteiger partial charge in [-0.3, -0.25) is 0 Å². The summed E-state index contributed by atoms with van der Waals surface area (Å²) in [7, 11) is 0. The number of para-hydroxylation sites is 3. The molecule has 2 heteroatoms. The van der Waals surface area contributed by atoms with E-state index < -0.39 is 0 Å². The molecule has 0 radical (unpaired) electrons. The Hall–Kier alpha value is -5.34. The van der Waals surface area contributed by atoms with Crippen molar-refractivity contribution >= 4 is 50.0 Å². The van der Waals surface area contributed by atoms with Gasteiger partial charge in [-0.2, -0.15) is 0 Å². The van der Waals surface area contributed by atoms with Gasteiger partial charge in [0, 0.05) is 44.3 Å². The number of fused-ring (bicyclic) bond motifs is 2. The topological polar surface area (TPSA) is 6.48 Å². The first-order valence-corrected chi connectivity index (χ1v) is 17.3. The number of nitrogens with zero attached hydrogens (tertiary/aromatic N) is 2. The molecule has 246 valence electrons. The van der Waals surface area contributed by atoms with E-state index in [0.717, 1.165) is 28.4 Å². The van der Waals surface area contributed by atoms with Gasteiger partial charge < -0.3 is 9.80 Å². The van der Waals surface area contributed by atoms with Crippen LogP contribution in [0.5, 0.6) is 0 Å². The van der Waals surface area contributed by atoms with Crippen LogP contribution in [0, 0.1) is 0 Å². The van der Waals surface area contributed by atoms with E-state index in [1.54, 1.807) is 0 Å². The van der Waals surface area contributed by atoms with Crippen LogP contribution in [0.25, 0.3) is 21.5 Å². The van der Waals surface area contributed by atoms with Crippen molar-refractivity contribution in [2.24, 2.45) is 0 Å². The molecule has 0 spiro atoms. The van der Waals surface area contributed by atoms with Gasteiger partial charge in [0.1, 0.15) is 0 Å². The lowest BCUT2D eigenvalue weighted by Crippen LogP contribution is -2.19. The number of rotatable bonds is 8. The highest BCUT2D eigenvalue weighted by atomic mass is 15.2. The van der Waals surface area contributed by atoms with Crippen molar-refractivity contribution in [2.75, 3.05) is 9.80 Å². The second-order valence-electron chi connectivity index (χ2n) is 14.7. The molecule has 0 saturated carbocycles. The Bertz CT molecular complexity index is 2100. The summed E-state index contributed by atoms with van der Waals surface area (Å²) in [5.41, 5.74) is 9.25. The Morgan fingerprint density at radius 2 is 0.959 bits per heavy atom. The van der Waals surface area contributed by atoms with Crippen LogP contribution in [-0.4, -0.2) is 0 Å². The van der Waals surface area contributed by atoms with Gasteiger partial charge in [-0.05, 0) is 83.5 Å². The van der Waals surface area contributed by atoms with E-state index in [0.29, 0.717) is 0 Å². The lowest BCUT2D eigenvalue weighted by atomic mass is 9.82. The molecule has 0 N–H and O–H groups in total. The van der Waals surface area contributed by atoms with E-state index in [9.17, 15) is 0 Å². The molecule has 0 bridgehead atoms. The first-order valence-electron chi connectivity index (χ1n) is 17.3. The molecule has 0 aliphatic heterocycles. The van der Waals surface area contributed by atoms with E-state index in [1.165, 1.54) is 38.4 Å². The average Bonchev–Trinajstić information content (AvgIpc) is 3.10. The van der Waals surface area contributed by atoms with Gasteiger partial charge in [-0.25, -0.2) is 0 Å². The maximum Gasteiger partial charge on any atom is 0.0620 e. The second kappa shape index (κ2) is 13.6. The van der Waals surface area contributed by atoms with Crippen molar-refractivity contribution in [3.8, 4) is 0 Å². The standard InChI is InChI=1S/C47H48N2/c1-9-11-21-36(10-2)48(37-22-15-12-16-23-37)44-40-30-28-35(47(6,7)8)33-43(40)45(41-31-29-34(32-42(41)44)46(3,4)5)49(38-24-17-13-18-25-38)39-26-19-14-20-27-39/h9-33H,1H2,2-8H3/b21-11-,36-10+. The Kier molecular flexibility index (Phi) is 9.35. The Morgan fingerprint density at radius 1 is 0.531 bits per heavy atom. The maximum atomic E-state index is 3.99. The fourth-order valence-corrected chi connectivity index (χ4v) is 6.61. The molecule has 6 aromatic carbocycles. The summed E-state index contributed by atoms with van der Waals surface area (Å²) in [6.07, 6.45) is 8.21. The molecular formula is C47H48N2. The molecule has 0 aromatic heterocycles. The Balaban J connectivity index is 1.88. The highest BCUT2D eigenvalue weighted by Gasteiger charge is 2.28. The van der Waals surface area contributed by atoms with E-state index in [2.05, 4.69) is 204 Å². The smallest absolute Gasteiger partial charge is 0.0620 e. The molecule has 0 atom stereocenters. The fourth-order valence-electron chi connectivity index (χ4n) is 6.61. The van der Waals surface area contributed by atoms with Crippen LogP contribution < -0.4 is 9.80 Å². The average molecular weight is 641 g/mol. The van der Waals surface area contributed by atoms with Crippen LogP contribution in [-0.2, 0) is 10.8 Å². The largest absolute Gasteiger partial charge is 0.310 e. The SMILES string of the molecule is C=C/C=C\C(=C/C)N(c1ccccc1)c1c2cc(C(C)(C)C)ccc2c(N(c2ccccc2)c2ccccc2)c2cc(C(C)(C)C)ccc12. The summed E-state index contributed by atoms with van der Waals surface area (Å²) in [5, 5.41) is 4.78. The van der Waals surface area contributed by atoms with Gasteiger partial charge in [0.15, 0.2) is 0 Å². The van der Waals surface area contributed by atoms with Crippen molar-refractivity contribution in [1.82, 2.24) is 0 Å². The first kappa shape index (κ1) is 33.6. The van der Waals surface area contributed by atoms with Crippen LogP contribution >= 0.6 is 0 Å². The summed E-state index contributed by atoms with van der Waals surface area (Å²) < 4.78 is 0. The predicted octanol–water partition coefficient (Wildman–Crippen LogP) is 13.8. The third kappa shape index (κ3) is 6.69. The summed E-state index contributed by atoms with van der Waals surface area (Å²) in [4.78, 5) is 4.87. The van der Waals surface area contributed by atoms with Crippen molar-refractivity contribution in [2.45, 2.75) is 59.3 Å². The van der Waals surface area contributed by atoms with Crippen LogP contribution in [0.4, 0.5) is 28.4 Å². The molecule has 0 unspecified atom stereocenters. The zero-order valence-corrected chi connectivity index (χ0v) is 30.0. The number of benzene rings is 6. The Labute approximate surface area is 293 Å². The molecule has 0 aliphatic carbocycles. The highest BCUT2D eigenvalue weighted by molar-refractivity contribution is 6.23. The molecule has 2 nitrogen and oxygen atoms in total. The van der Waals surface area contributed by atoms with Crippen molar-refractivity contribution < 1.29 is 0 Å². The number of anilines is 5. The molecule has 0 fully saturated rings. The summed E-state index contributed by atoms with van der Waals surface area (Å²) in [5.74, 6) is 0. The minimum Gasteiger partial charge on any atom is -0.310 e. The quantitative estimate of drug-likeness (QED) is 0.0928. The number of hydrogen-bond donors (Lipinski definition) is 0. The molecular weight excluding hydrogens is 593 g/mol. The monoisotopic (exact) mass is 640 g/mol. The van der Waals surface area contributed by atoms with Gasteiger partial charge in [0.25, 0.3) is 0 Å². The Morgan fingerprint density at radius 3 is 1.39 bits per heavy atom. The van der Waals surface area contributed by atoms with Crippen LogP contribution in [0.2, 0.25) is 0 Å². The molecule has 0 amide bonds. The second-order valence-corrected chi connectivity index (χ2v) is 14.7. The van der Waals surface area contributed by atoms with Gasteiger partial charge >= 0.3 is 0 Å². The van der Waals surface area contributed by atoms with Gasteiger partial charge in [-0.15, -0.1) is 0 Å². The minimum absolute atomic E-state index is 0.0404.